The van der Waals surface area contributed by atoms with Crippen LogP contribution >= 0.6 is 0 Å². The molecule has 3 saturated carbocycles. The summed E-state index contributed by atoms with van der Waals surface area (Å²) >= 11 is 0. The van der Waals surface area contributed by atoms with Crippen molar-refractivity contribution in [3.63, 3.8) is 0 Å². The van der Waals surface area contributed by atoms with Crippen LogP contribution in [0.5, 0.6) is 0 Å². The molecule has 0 amide bonds. The molecule has 4 heteroatoms. The summed E-state index contributed by atoms with van der Waals surface area (Å²) in [6.07, 6.45) is 39.7. The zero-order chi connectivity index (χ0) is 71.8. The molecule has 0 bridgehead atoms. The lowest BCUT2D eigenvalue weighted by atomic mass is 9.93. The van der Waals surface area contributed by atoms with Crippen LogP contribution in [0.25, 0.3) is 54.7 Å². The minimum Gasteiger partial charge on any atom is -0.311 e. The van der Waals surface area contributed by atoms with Crippen molar-refractivity contribution in [2.75, 3.05) is 19.6 Å². The Morgan fingerprint density at radius 2 is 0.292 bits per heavy atom. The zero-order valence-corrected chi connectivity index (χ0v) is 61.8. The topological polar surface area (TPSA) is 13.0 Å². The number of benzene rings is 12. The highest BCUT2D eigenvalue weighted by Crippen LogP contribution is 2.42. The van der Waals surface area contributed by atoms with Gasteiger partial charge < -0.3 is 19.6 Å². The summed E-state index contributed by atoms with van der Waals surface area (Å²) in [5.74, 6) is 0. The van der Waals surface area contributed by atoms with Crippen LogP contribution < -0.4 is 19.6 Å². The van der Waals surface area contributed by atoms with Crippen LogP contribution in [0, 0.1) is 20.8 Å². The number of allylic oxidation sites excluding steroid dienone is 3. The summed E-state index contributed by atoms with van der Waals surface area (Å²) in [5, 5.41) is 0. The molecule has 0 aliphatic heterocycles. The summed E-state index contributed by atoms with van der Waals surface area (Å²) in [4.78, 5) is 9.43. The lowest BCUT2D eigenvalue weighted by Crippen LogP contribution is -2.10. The van der Waals surface area contributed by atoms with Gasteiger partial charge in [-0.05, 0) is 293 Å². The van der Waals surface area contributed by atoms with E-state index in [0.717, 1.165) is 102 Å². The van der Waals surface area contributed by atoms with E-state index in [4.69, 9.17) is 0 Å². The number of hydrogen-bond acceptors (Lipinski definition) is 4. The zero-order valence-electron chi connectivity index (χ0n) is 61.8. The Balaban J connectivity index is 0.671. The van der Waals surface area contributed by atoms with Crippen molar-refractivity contribution < 1.29 is 0 Å². The molecular formula is C102H96N4. The molecule has 3 aliphatic rings. The maximum Gasteiger partial charge on any atom is 0.0462 e. The van der Waals surface area contributed by atoms with E-state index in [1.54, 1.807) is 16.7 Å². The van der Waals surface area contributed by atoms with Crippen molar-refractivity contribution in [2.45, 2.75) is 117 Å². The summed E-state index contributed by atoms with van der Waals surface area (Å²) in [6, 6.07) is 107. The monoisotopic (exact) mass is 1380 g/mol. The number of rotatable bonds is 21. The number of nitrogens with zero attached hydrogens (tertiary/aromatic N) is 4. The van der Waals surface area contributed by atoms with Crippen LogP contribution in [0.15, 0.2) is 308 Å². The second kappa shape index (κ2) is 33.8. The van der Waals surface area contributed by atoms with Crippen LogP contribution in [-0.2, 0) is 0 Å². The quantitative estimate of drug-likeness (QED) is 0.0665. The van der Waals surface area contributed by atoms with Gasteiger partial charge in [-0.15, -0.1) is 0 Å². The first-order chi connectivity index (χ1) is 52.2. The summed E-state index contributed by atoms with van der Waals surface area (Å²) in [5.41, 5.74) is 32.5. The van der Waals surface area contributed by atoms with Gasteiger partial charge in [0.15, 0.2) is 0 Å². The van der Waals surface area contributed by atoms with Crippen molar-refractivity contribution in [1.29, 1.82) is 0 Å². The van der Waals surface area contributed by atoms with Crippen LogP contribution in [0.3, 0.4) is 0 Å². The highest BCUT2D eigenvalue weighted by atomic mass is 15.2. The smallest absolute Gasteiger partial charge is 0.0462 e. The molecule has 12 aromatic rings. The van der Waals surface area contributed by atoms with Gasteiger partial charge in [0.25, 0.3) is 0 Å². The molecule has 0 atom stereocenters. The lowest BCUT2D eigenvalue weighted by molar-refractivity contribution is 0.602. The fourth-order valence-electron chi connectivity index (χ4n) is 15.2. The van der Waals surface area contributed by atoms with E-state index < -0.39 is 0 Å². The Bertz CT molecular complexity index is 4510. The molecule has 0 aromatic heterocycles. The minimum atomic E-state index is 1.07. The van der Waals surface area contributed by atoms with Crippen LogP contribution in [-0.4, -0.2) is 0 Å². The van der Waals surface area contributed by atoms with Gasteiger partial charge in [-0.3, -0.25) is 0 Å². The standard InChI is InChI=1S/C102H96N4/c1-76-19-49-91(50-20-76)103(100-67-43-88(44-68-100)73-85-13-7-4-8-14-85)94-55-31-79(32-56-94)25-28-82-37-61-97(62-38-82)106(98-63-39-83(40-64-98)29-26-80-33-57-95(58-34-80)104(92-51-21-77(2)22-52-92)101-69-45-89(46-70-101)74-86-15-9-5-10-16-86)99-65-41-84(42-66-99)30-27-81-35-59-96(60-36-81)105(93-53-23-78(3)24-54-93)102-71-47-90(48-72-102)75-87-17-11-6-12-18-87/h19-75H,4-18H2,1-3H3/b28-25+,29-26+,30-27+. The third kappa shape index (κ3) is 17.9. The van der Waals surface area contributed by atoms with E-state index in [1.807, 2.05) is 0 Å². The predicted molar refractivity (Wildman–Crippen MR) is 459 cm³/mol. The average Bonchev–Trinajstić information content (AvgIpc) is 0.821. The van der Waals surface area contributed by atoms with Crippen molar-refractivity contribution >= 4 is 123 Å². The number of hydrogen-bond donors (Lipinski definition) is 0. The first-order valence-corrected chi connectivity index (χ1v) is 38.6. The van der Waals surface area contributed by atoms with Crippen LogP contribution in [0.4, 0.5) is 68.2 Å². The van der Waals surface area contributed by atoms with Crippen molar-refractivity contribution in [1.82, 2.24) is 0 Å². The van der Waals surface area contributed by atoms with Gasteiger partial charge in [0.1, 0.15) is 0 Å². The van der Waals surface area contributed by atoms with Crippen molar-refractivity contribution in [2.24, 2.45) is 0 Å². The summed E-state index contributed by atoms with van der Waals surface area (Å²) in [7, 11) is 0. The van der Waals surface area contributed by atoms with Gasteiger partial charge in [-0.25, -0.2) is 0 Å². The molecule has 15 rings (SSSR count). The highest BCUT2D eigenvalue weighted by molar-refractivity contribution is 5.85. The Kier molecular flexibility index (Phi) is 22.3. The van der Waals surface area contributed by atoms with E-state index in [9.17, 15) is 0 Å². The third-order valence-electron chi connectivity index (χ3n) is 21.2. The molecule has 3 aliphatic carbocycles. The molecule has 0 N–H and O–H groups in total. The Hall–Kier alpha value is -11.7. The number of anilines is 12. The molecule has 106 heavy (non-hydrogen) atoms. The maximum atomic E-state index is 2.41. The van der Waals surface area contributed by atoms with Crippen molar-refractivity contribution in [3.05, 3.63) is 375 Å². The van der Waals surface area contributed by atoms with E-state index in [2.05, 4.69) is 386 Å². The molecule has 12 aromatic carbocycles. The van der Waals surface area contributed by atoms with Gasteiger partial charge in [0.2, 0.25) is 0 Å². The second-order valence-corrected chi connectivity index (χ2v) is 29.3. The van der Waals surface area contributed by atoms with Crippen LogP contribution in [0.2, 0.25) is 0 Å². The van der Waals surface area contributed by atoms with E-state index in [-0.39, 0.29) is 0 Å². The van der Waals surface area contributed by atoms with Gasteiger partial charge in [0.05, 0.1) is 0 Å². The van der Waals surface area contributed by atoms with Gasteiger partial charge in [-0.1, -0.05) is 253 Å². The molecule has 0 radical (unpaired) electrons. The number of aryl methyl sites for hydroxylation is 3. The van der Waals surface area contributed by atoms with E-state index >= 15 is 0 Å². The maximum absolute atomic E-state index is 2.41. The minimum absolute atomic E-state index is 1.07. The molecule has 524 valence electrons. The summed E-state index contributed by atoms with van der Waals surface area (Å²) in [6.45, 7) is 6.45. The highest BCUT2D eigenvalue weighted by Gasteiger charge is 2.19. The first kappa shape index (κ1) is 70.0. The average molecular weight is 1380 g/mol. The molecule has 0 unspecified atom stereocenters. The van der Waals surface area contributed by atoms with E-state index in [0.29, 0.717) is 0 Å². The fourth-order valence-corrected chi connectivity index (χ4v) is 15.2. The van der Waals surface area contributed by atoms with Gasteiger partial charge in [-0.2, -0.15) is 0 Å². The Labute approximate surface area is 630 Å². The molecule has 0 saturated heterocycles. The molecule has 4 nitrogen and oxygen atoms in total. The fraction of sp³-hybridized carbons (Fsp3) is 0.176. The normalized spacial score (nSPS) is 14.0. The SMILES string of the molecule is Cc1ccc(N(c2ccc(C=C3CCCCC3)cc2)c2ccc(/C=C/c3ccc(N(c4ccc(/C=C/c5ccc(N(c6ccc(C)cc6)c6ccc(C=C7CCCCC7)cc6)cc5)cc4)c4ccc(/C=C/c5ccc(N(c6ccc(C)cc6)c6ccc(C=C7CCCCC7)cc6)cc5)cc4)cc3)cc2)cc1. The first-order valence-electron chi connectivity index (χ1n) is 38.6. The summed E-state index contributed by atoms with van der Waals surface area (Å²) < 4.78 is 0. The predicted octanol–water partition coefficient (Wildman–Crippen LogP) is 30.0. The van der Waals surface area contributed by atoms with Gasteiger partial charge in [0, 0.05) is 68.2 Å². The second-order valence-electron chi connectivity index (χ2n) is 29.3. The largest absolute Gasteiger partial charge is 0.311 e. The molecule has 3 fully saturated rings. The van der Waals surface area contributed by atoms with E-state index in [1.165, 1.54) is 130 Å². The lowest BCUT2D eigenvalue weighted by Gasteiger charge is -2.26. The van der Waals surface area contributed by atoms with Crippen LogP contribution in [0.1, 0.15) is 163 Å². The third-order valence-corrected chi connectivity index (χ3v) is 21.2. The van der Waals surface area contributed by atoms with Crippen molar-refractivity contribution in [3.8, 4) is 0 Å². The Morgan fingerprint density at radius 3 is 0.443 bits per heavy atom. The molecular weight excluding hydrogens is 1280 g/mol. The Morgan fingerprint density at radius 1 is 0.160 bits per heavy atom. The molecule has 0 heterocycles. The molecule has 0 spiro atoms. The van der Waals surface area contributed by atoms with Gasteiger partial charge >= 0.3 is 0 Å².